The Morgan fingerprint density at radius 3 is 1.03 bits per heavy atom. The number of urea groups is 3. The van der Waals surface area contributed by atoms with Crippen LogP contribution in [0.2, 0.25) is 0 Å². The van der Waals surface area contributed by atoms with E-state index in [1.165, 1.54) is 43.4 Å². The number of amides is 9. The van der Waals surface area contributed by atoms with Crippen LogP contribution in [0.25, 0.3) is 0 Å². The molecule has 3 aromatic carbocycles. The molecule has 9 aromatic rings. The summed E-state index contributed by atoms with van der Waals surface area (Å²) in [5.74, 6) is 1.82. The number of hydrogen-bond donors (Lipinski definition) is 10. The smallest absolute Gasteiger partial charge is 0.324 e. The minimum absolute atomic E-state index is 0.0383. The van der Waals surface area contributed by atoms with Crippen LogP contribution in [0.15, 0.2) is 148 Å². The largest absolute Gasteiger partial charge is 0.382 e. The predicted molar refractivity (Wildman–Crippen MR) is 322 cm³/mol. The van der Waals surface area contributed by atoms with Crippen molar-refractivity contribution >= 4 is 93.2 Å². The van der Waals surface area contributed by atoms with E-state index in [9.17, 15) is 28.8 Å². The van der Waals surface area contributed by atoms with Crippen molar-refractivity contribution in [2.45, 2.75) is 85.5 Å². The van der Waals surface area contributed by atoms with Crippen LogP contribution in [-0.2, 0) is 16.2 Å². The molecule has 9 rings (SSSR count). The number of rotatable bonds is 12. The van der Waals surface area contributed by atoms with Gasteiger partial charge in [0, 0.05) is 99.6 Å². The van der Waals surface area contributed by atoms with Gasteiger partial charge in [-0.15, -0.1) is 0 Å². The maximum Gasteiger partial charge on any atom is 0.324 e. The van der Waals surface area contributed by atoms with Gasteiger partial charge in [-0.3, -0.25) is 40.3 Å². The summed E-state index contributed by atoms with van der Waals surface area (Å²) >= 11 is 0. The van der Waals surface area contributed by atoms with Gasteiger partial charge in [-0.05, 0) is 79.7 Å². The highest BCUT2D eigenvalue weighted by molar-refractivity contribution is 6.06. The summed E-state index contributed by atoms with van der Waals surface area (Å²) in [6.07, 6.45) is 10.0. The van der Waals surface area contributed by atoms with Crippen LogP contribution in [0.5, 0.6) is 0 Å². The van der Waals surface area contributed by atoms with Crippen molar-refractivity contribution in [1.29, 1.82) is 0 Å². The zero-order valence-electron chi connectivity index (χ0n) is 48.5. The summed E-state index contributed by atoms with van der Waals surface area (Å²) in [6, 6.07) is 23.5. The van der Waals surface area contributed by atoms with Gasteiger partial charge in [-0.2, -0.15) is 0 Å². The fraction of sp³-hybridized carbons (Fsp3) is 0.224. The van der Waals surface area contributed by atoms with E-state index in [1.807, 2.05) is 62.3 Å². The zero-order valence-corrected chi connectivity index (χ0v) is 48.5. The average Bonchev–Trinajstić information content (AvgIpc) is 4.00. The number of benzene rings is 3. The number of nitrogens with zero attached hydrogens (tertiary/aromatic N) is 9. The molecule has 28 heteroatoms. The SMILES string of the molecule is CC(C)(C)c1cc(NC(=O)Nc2ccc(NC(=O)c3cnccn3)cc2)no1.CC(C)(C)c1cc(NC(=O)Nc2ccc(NC(=O)c3nccnc3N)cc2)no1.Cc1cnc(C(=O)Nc2ccc(NC(=O)Nc3cc(C(C)(C)C)on3)cc2)cn1. The number of aryl methyl sites for hydroxylation is 1. The van der Waals surface area contributed by atoms with Crippen molar-refractivity contribution in [3.63, 3.8) is 0 Å². The third-order valence-electron chi connectivity index (χ3n) is 11.4. The number of carbonyl (C=O) groups excluding carboxylic acids is 6. The molecule has 0 saturated carbocycles. The van der Waals surface area contributed by atoms with Crippen LogP contribution in [0.1, 0.15) is 117 Å². The van der Waals surface area contributed by atoms with E-state index in [0.29, 0.717) is 68.9 Å². The van der Waals surface area contributed by atoms with Crippen molar-refractivity contribution < 1.29 is 42.3 Å². The maximum atomic E-state index is 12.2. The van der Waals surface area contributed by atoms with Crippen LogP contribution in [0.4, 0.5) is 71.8 Å². The quantitative estimate of drug-likeness (QED) is 0.0543. The van der Waals surface area contributed by atoms with Gasteiger partial charge in [0.1, 0.15) is 28.7 Å². The molecule has 6 aromatic heterocycles. The first-order valence-corrected chi connectivity index (χ1v) is 26.2. The molecule has 0 spiro atoms. The lowest BCUT2D eigenvalue weighted by Gasteiger charge is -2.12. The normalized spacial score (nSPS) is 11.0. The van der Waals surface area contributed by atoms with Gasteiger partial charge in [-0.1, -0.05) is 77.8 Å². The third kappa shape index (κ3) is 18.8. The second kappa shape index (κ2) is 27.5. The van der Waals surface area contributed by atoms with Crippen LogP contribution in [-0.4, -0.2) is 81.2 Å². The Labute approximate surface area is 492 Å². The highest BCUT2D eigenvalue weighted by Gasteiger charge is 2.23. The second-order valence-corrected chi connectivity index (χ2v) is 21.7. The van der Waals surface area contributed by atoms with Crippen molar-refractivity contribution in [1.82, 2.24) is 45.4 Å². The molecule has 0 unspecified atom stereocenters. The fourth-order valence-corrected chi connectivity index (χ4v) is 6.84. The molecule has 0 atom stereocenters. The Kier molecular flexibility index (Phi) is 19.9. The summed E-state index contributed by atoms with van der Waals surface area (Å²) in [5, 5.41) is 35.5. The molecule has 0 fully saturated rings. The number of hydrogen-bond acceptors (Lipinski definition) is 19. The Hall–Kier alpha value is -11.5. The third-order valence-corrected chi connectivity index (χ3v) is 11.4. The molecule has 0 bridgehead atoms. The van der Waals surface area contributed by atoms with E-state index in [-0.39, 0.29) is 51.0 Å². The molecule has 0 radical (unpaired) electrons. The van der Waals surface area contributed by atoms with Gasteiger partial charge in [0.15, 0.2) is 29.0 Å². The van der Waals surface area contributed by atoms with E-state index < -0.39 is 24.0 Å². The molecule has 86 heavy (non-hydrogen) atoms. The molecule has 0 aliphatic heterocycles. The summed E-state index contributed by atoms with van der Waals surface area (Å²) in [7, 11) is 0. The first kappa shape index (κ1) is 62.2. The van der Waals surface area contributed by atoms with Crippen LogP contribution in [0.3, 0.4) is 0 Å². The van der Waals surface area contributed by atoms with Gasteiger partial charge in [-0.25, -0.2) is 34.3 Å². The zero-order chi connectivity index (χ0) is 62.2. The minimum atomic E-state index is -0.477. The van der Waals surface area contributed by atoms with E-state index in [1.54, 1.807) is 97.9 Å². The minimum Gasteiger partial charge on any atom is -0.382 e. The highest BCUT2D eigenvalue weighted by Crippen LogP contribution is 2.27. The molecule has 28 nitrogen and oxygen atoms in total. The topological polar surface area (TPSA) is 392 Å². The number of nitrogens with two attached hydrogens (primary N) is 1. The number of anilines is 10. The predicted octanol–water partition coefficient (Wildman–Crippen LogP) is 10.9. The molecule has 0 saturated heterocycles. The van der Waals surface area contributed by atoms with Gasteiger partial charge < -0.3 is 51.2 Å². The van der Waals surface area contributed by atoms with Gasteiger partial charge >= 0.3 is 18.1 Å². The van der Waals surface area contributed by atoms with Crippen LogP contribution >= 0.6 is 0 Å². The monoisotopic (exact) mass is 1170 g/mol. The number of nitrogen functional groups attached to an aromatic ring is 1. The van der Waals surface area contributed by atoms with Crippen molar-refractivity contribution in [3.05, 3.63) is 174 Å². The van der Waals surface area contributed by atoms with E-state index in [2.05, 4.69) is 93.2 Å². The van der Waals surface area contributed by atoms with E-state index >= 15 is 0 Å². The molecule has 0 aliphatic carbocycles. The number of nitrogens with one attached hydrogen (secondary N) is 9. The molecule has 9 amide bonds. The Morgan fingerprint density at radius 1 is 0.384 bits per heavy atom. The number of carbonyl (C=O) groups is 6. The Balaban J connectivity index is 0.000000185. The van der Waals surface area contributed by atoms with Gasteiger partial charge in [0.25, 0.3) is 17.7 Å². The first-order chi connectivity index (χ1) is 40.7. The van der Waals surface area contributed by atoms with Crippen molar-refractivity contribution in [3.8, 4) is 0 Å². The van der Waals surface area contributed by atoms with Crippen LogP contribution in [0, 0.1) is 6.92 Å². The standard InChI is InChI=1S/C20H22N6O3.C19H21N7O3.C19H20N6O3/c1-12-10-22-15(11-21-12)18(27)23-13-5-7-14(8-6-13)24-19(28)25-17-9-16(29-26-17)20(2,3)4;1-19(2,3)13-10-14(26-29-13)25-18(28)24-12-6-4-11(5-7-12)23-17(27)15-16(20)22-9-8-21-15;1-19(2,3)15-10-16(25-28-15)24-18(27)23-13-6-4-12(5-7-13)22-17(26)14-11-20-8-9-21-14/h5-11H,1-4H3,(H,23,27)(H2,24,25,26,28);4-10H,1-3H3,(H2,20,22)(H,23,27)(H2,24,25,26,28);4-11H,1-3H3,(H,22,26)(H2,23,24,25,27). The summed E-state index contributed by atoms with van der Waals surface area (Å²) in [4.78, 5) is 96.3. The molecule has 11 N–H and O–H groups in total. The molecular formula is C58H63N19O9. The lowest BCUT2D eigenvalue weighted by Crippen LogP contribution is -2.20. The van der Waals surface area contributed by atoms with Crippen molar-refractivity contribution in [2.24, 2.45) is 0 Å². The molecule has 0 aliphatic rings. The Morgan fingerprint density at radius 2 is 0.721 bits per heavy atom. The van der Waals surface area contributed by atoms with E-state index in [0.717, 1.165) is 5.69 Å². The number of aromatic nitrogens is 9. The fourth-order valence-electron chi connectivity index (χ4n) is 6.84. The lowest BCUT2D eigenvalue weighted by atomic mass is 9.93. The van der Waals surface area contributed by atoms with Crippen LogP contribution < -0.4 is 53.6 Å². The maximum absolute atomic E-state index is 12.2. The Bertz CT molecular complexity index is 3770. The molecule has 6 heterocycles. The summed E-state index contributed by atoms with van der Waals surface area (Å²) in [5.41, 5.74) is 9.51. The lowest BCUT2D eigenvalue weighted by molar-refractivity contribution is 0.101. The van der Waals surface area contributed by atoms with Gasteiger partial charge in [0.2, 0.25) is 0 Å². The molecular weight excluding hydrogens is 1110 g/mol. The summed E-state index contributed by atoms with van der Waals surface area (Å²) < 4.78 is 15.7. The molecule has 444 valence electrons. The van der Waals surface area contributed by atoms with E-state index in [4.69, 9.17) is 19.3 Å². The highest BCUT2D eigenvalue weighted by atomic mass is 16.5. The van der Waals surface area contributed by atoms with Gasteiger partial charge in [0.05, 0.1) is 18.1 Å². The first-order valence-electron chi connectivity index (χ1n) is 26.2. The average molecular weight is 1170 g/mol. The second-order valence-electron chi connectivity index (χ2n) is 21.7. The summed E-state index contributed by atoms with van der Waals surface area (Å²) in [6.45, 7) is 19.7. The van der Waals surface area contributed by atoms with Crippen molar-refractivity contribution in [2.75, 3.05) is 53.6 Å².